The third-order valence-corrected chi connectivity index (χ3v) is 1.04. The van der Waals surface area contributed by atoms with E-state index in [1.807, 2.05) is 0 Å². The van der Waals surface area contributed by atoms with Crippen LogP contribution in [0.1, 0.15) is 6.92 Å². The molecule has 0 unspecified atom stereocenters. The standard InChI is InChI=1S/C5H9O7P/c1-4(2)5(6)10-3-11-12-13(7,8)9/h1,3H2,2H3,(H2,7,8,9). The van der Waals surface area contributed by atoms with E-state index < -0.39 is 20.6 Å². The molecule has 0 bridgehead atoms. The predicted molar refractivity (Wildman–Crippen MR) is 40.0 cm³/mol. The van der Waals surface area contributed by atoms with E-state index >= 15 is 0 Å². The first kappa shape index (κ1) is 12.3. The van der Waals surface area contributed by atoms with E-state index in [1.54, 1.807) is 0 Å². The highest BCUT2D eigenvalue weighted by Gasteiger charge is 2.15. The minimum absolute atomic E-state index is 0.139. The van der Waals surface area contributed by atoms with Crippen molar-refractivity contribution in [3.05, 3.63) is 12.2 Å². The van der Waals surface area contributed by atoms with Gasteiger partial charge in [0.2, 0.25) is 6.79 Å². The topological polar surface area (TPSA) is 102 Å². The molecule has 13 heavy (non-hydrogen) atoms. The minimum atomic E-state index is -4.69. The Hall–Kier alpha value is -0.720. The lowest BCUT2D eigenvalue weighted by atomic mass is 10.4. The molecule has 0 aromatic carbocycles. The summed E-state index contributed by atoms with van der Waals surface area (Å²) < 4.78 is 17.8. The van der Waals surface area contributed by atoms with E-state index in [9.17, 15) is 9.36 Å². The number of hydrogen-bond donors (Lipinski definition) is 2. The Kier molecular flexibility index (Phi) is 4.82. The first-order valence-electron chi connectivity index (χ1n) is 3.02. The average Bonchev–Trinajstić information content (AvgIpc) is 1.95. The molecule has 0 saturated carbocycles. The van der Waals surface area contributed by atoms with Gasteiger partial charge >= 0.3 is 13.8 Å². The number of rotatable bonds is 5. The number of phosphoric acid groups is 1. The van der Waals surface area contributed by atoms with Gasteiger partial charge in [-0.3, -0.25) is 0 Å². The van der Waals surface area contributed by atoms with Crippen LogP contribution < -0.4 is 0 Å². The zero-order valence-electron chi connectivity index (χ0n) is 6.80. The van der Waals surface area contributed by atoms with Crippen LogP contribution in [0.15, 0.2) is 12.2 Å². The molecule has 0 atom stereocenters. The summed E-state index contributed by atoms with van der Waals surface area (Å²) in [6.07, 6.45) is 0. The third kappa shape index (κ3) is 7.63. The van der Waals surface area contributed by atoms with Crippen LogP contribution in [0.25, 0.3) is 0 Å². The zero-order chi connectivity index (χ0) is 10.5. The van der Waals surface area contributed by atoms with Crippen molar-refractivity contribution in [3.8, 4) is 0 Å². The van der Waals surface area contributed by atoms with Gasteiger partial charge in [-0.15, -0.1) is 4.67 Å². The molecule has 76 valence electrons. The Bertz CT molecular complexity index is 241. The average molecular weight is 212 g/mol. The van der Waals surface area contributed by atoms with Gasteiger partial charge in [0.15, 0.2) is 0 Å². The fourth-order valence-electron chi connectivity index (χ4n) is 0.291. The van der Waals surface area contributed by atoms with Gasteiger partial charge in [-0.05, 0) is 6.92 Å². The SMILES string of the molecule is C=C(C)C(=O)OCOOP(=O)(O)O. The summed E-state index contributed by atoms with van der Waals surface area (Å²) in [4.78, 5) is 30.7. The Morgan fingerprint density at radius 2 is 2.08 bits per heavy atom. The van der Waals surface area contributed by atoms with Crippen molar-refractivity contribution >= 4 is 13.8 Å². The Morgan fingerprint density at radius 3 is 2.46 bits per heavy atom. The number of carbonyl (C=O) groups excluding carboxylic acids is 1. The number of esters is 1. The fraction of sp³-hybridized carbons (Fsp3) is 0.400. The minimum Gasteiger partial charge on any atom is -0.432 e. The van der Waals surface area contributed by atoms with Crippen molar-refractivity contribution in [3.63, 3.8) is 0 Å². The summed E-state index contributed by atoms with van der Waals surface area (Å²) in [7, 11) is -4.69. The van der Waals surface area contributed by atoms with Crippen LogP contribution in [0.4, 0.5) is 0 Å². The van der Waals surface area contributed by atoms with Gasteiger partial charge in [0.1, 0.15) is 0 Å². The highest BCUT2D eigenvalue weighted by atomic mass is 31.2. The number of hydrogen-bond acceptors (Lipinski definition) is 5. The van der Waals surface area contributed by atoms with Crippen LogP contribution in [-0.2, 0) is 23.7 Å². The van der Waals surface area contributed by atoms with E-state index in [0.29, 0.717) is 0 Å². The van der Waals surface area contributed by atoms with Gasteiger partial charge < -0.3 is 14.5 Å². The number of carbonyl (C=O) groups is 1. The molecule has 0 radical (unpaired) electrons. The molecule has 0 aromatic heterocycles. The maximum absolute atomic E-state index is 10.6. The van der Waals surface area contributed by atoms with E-state index in [2.05, 4.69) is 20.9 Å². The molecule has 0 aliphatic carbocycles. The Labute approximate surface area is 74.1 Å². The Balaban J connectivity index is 3.53. The quantitative estimate of drug-likeness (QED) is 0.127. The summed E-state index contributed by atoms with van der Waals surface area (Å²) >= 11 is 0. The van der Waals surface area contributed by atoms with Crippen LogP contribution in [-0.4, -0.2) is 22.5 Å². The van der Waals surface area contributed by atoms with Crippen LogP contribution in [0, 0.1) is 0 Å². The van der Waals surface area contributed by atoms with Gasteiger partial charge in [0, 0.05) is 5.57 Å². The molecule has 0 saturated heterocycles. The third-order valence-electron chi connectivity index (χ3n) is 0.736. The largest absolute Gasteiger partial charge is 0.497 e. The van der Waals surface area contributed by atoms with Crippen molar-refractivity contribution in [1.82, 2.24) is 0 Å². The molecule has 0 heterocycles. The van der Waals surface area contributed by atoms with Crippen molar-refractivity contribution < 1.29 is 33.4 Å². The van der Waals surface area contributed by atoms with Gasteiger partial charge in [-0.2, -0.15) is 4.89 Å². The molecule has 0 spiro atoms. The van der Waals surface area contributed by atoms with E-state index in [0.717, 1.165) is 0 Å². The van der Waals surface area contributed by atoms with Crippen molar-refractivity contribution in [1.29, 1.82) is 0 Å². The van der Waals surface area contributed by atoms with Crippen molar-refractivity contribution in [2.45, 2.75) is 6.92 Å². The molecule has 0 aromatic rings. The lowest BCUT2D eigenvalue weighted by Gasteiger charge is -2.04. The second-order valence-electron chi connectivity index (χ2n) is 2.01. The normalized spacial score (nSPS) is 11.0. The first-order chi connectivity index (χ1) is 5.83. The summed E-state index contributed by atoms with van der Waals surface area (Å²) in [5.41, 5.74) is 0.139. The van der Waals surface area contributed by atoms with E-state index in [4.69, 9.17) is 9.79 Å². The predicted octanol–water partition coefficient (Wildman–Crippen LogP) is 0.104. The molecule has 0 rings (SSSR count). The molecule has 0 amide bonds. The van der Waals surface area contributed by atoms with Crippen LogP contribution in [0.2, 0.25) is 0 Å². The fourth-order valence-corrected chi connectivity index (χ4v) is 0.471. The number of ether oxygens (including phenoxy) is 1. The van der Waals surface area contributed by atoms with Gasteiger partial charge in [0.05, 0.1) is 0 Å². The molecular weight excluding hydrogens is 203 g/mol. The summed E-state index contributed by atoms with van der Waals surface area (Å²) in [5.74, 6) is -0.741. The van der Waals surface area contributed by atoms with Crippen LogP contribution in [0.5, 0.6) is 0 Å². The highest BCUT2D eigenvalue weighted by molar-refractivity contribution is 7.46. The maximum Gasteiger partial charge on any atom is 0.497 e. The lowest BCUT2D eigenvalue weighted by molar-refractivity contribution is -0.270. The summed E-state index contributed by atoms with van der Waals surface area (Å²) in [6, 6.07) is 0. The second-order valence-corrected chi connectivity index (χ2v) is 3.14. The highest BCUT2D eigenvalue weighted by Crippen LogP contribution is 2.35. The molecule has 7 nitrogen and oxygen atoms in total. The molecule has 0 aliphatic heterocycles. The Morgan fingerprint density at radius 1 is 1.54 bits per heavy atom. The van der Waals surface area contributed by atoms with E-state index in [-0.39, 0.29) is 5.57 Å². The lowest BCUT2D eigenvalue weighted by Crippen LogP contribution is -2.08. The first-order valence-corrected chi connectivity index (χ1v) is 4.55. The molecule has 0 aliphatic rings. The second kappa shape index (κ2) is 5.11. The molecule has 0 fully saturated rings. The summed E-state index contributed by atoms with van der Waals surface area (Å²) in [6.45, 7) is 3.96. The smallest absolute Gasteiger partial charge is 0.432 e. The molecule has 2 N–H and O–H groups in total. The maximum atomic E-state index is 10.6. The van der Waals surface area contributed by atoms with Gasteiger partial charge in [0.25, 0.3) is 0 Å². The summed E-state index contributed by atoms with van der Waals surface area (Å²) in [5, 5.41) is 0. The molecular formula is C5H9O7P. The monoisotopic (exact) mass is 212 g/mol. The molecule has 8 heteroatoms. The van der Waals surface area contributed by atoms with Crippen LogP contribution in [0.3, 0.4) is 0 Å². The van der Waals surface area contributed by atoms with Gasteiger partial charge in [-0.25, -0.2) is 9.36 Å². The van der Waals surface area contributed by atoms with Gasteiger partial charge in [-0.1, -0.05) is 6.58 Å². The van der Waals surface area contributed by atoms with E-state index in [1.165, 1.54) is 6.92 Å². The van der Waals surface area contributed by atoms with Crippen molar-refractivity contribution in [2.75, 3.05) is 6.79 Å². The van der Waals surface area contributed by atoms with Crippen LogP contribution >= 0.6 is 7.82 Å². The zero-order valence-corrected chi connectivity index (χ0v) is 7.69. The van der Waals surface area contributed by atoms with Crippen molar-refractivity contribution in [2.24, 2.45) is 0 Å².